The molecule has 3 rings (SSSR count). The van der Waals surface area contributed by atoms with Gasteiger partial charge in [0.05, 0.1) is 11.0 Å². The number of hydrogen-bond acceptors (Lipinski definition) is 4. The number of anilines is 1. The van der Waals surface area contributed by atoms with Gasteiger partial charge in [0.1, 0.15) is 5.82 Å². The van der Waals surface area contributed by atoms with Crippen molar-refractivity contribution in [1.29, 1.82) is 0 Å². The fourth-order valence-electron chi connectivity index (χ4n) is 1.70. The van der Waals surface area contributed by atoms with Crippen molar-refractivity contribution in [1.82, 2.24) is 15.2 Å². The maximum atomic E-state index is 5.67. The molecule has 4 nitrogen and oxygen atoms in total. The van der Waals surface area contributed by atoms with E-state index in [0.29, 0.717) is 5.82 Å². The predicted octanol–water partition coefficient (Wildman–Crippen LogP) is 1.76. The fourth-order valence-corrected chi connectivity index (χ4v) is 1.70. The Morgan fingerprint density at radius 1 is 1.13 bits per heavy atom. The van der Waals surface area contributed by atoms with Gasteiger partial charge in [-0.3, -0.25) is 0 Å². The summed E-state index contributed by atoms with van der Waals surface area (Å²) in [6, 6.07) is 9.53. The highest BCUT2D eigenvalue weighted by Gasteiger charge is 2.04. The first-order valence-electron chi connectivity index (χ1n) is 4.61. The number of benzene rings is 1. The average molecular weight is 196 g/mol. The Morgan fingerprint density at radius 2 is 2.07 bits per heavy atom. The minimum absolute atomic E-state index is 0.539. The lowest BCUT2D eigenvalue weighted by atomic mass is 10.2. The van der Waals surface area contributed by atoms with Crippen LogP contribution in [-0.2, 0) is 0 Å². The molecule has 0 atom stereocenters. The second-order valence-corrected chi connectivity index (χ2v) is 3.34. The van der Waals surface area contributed by atoms with Gasteiger partial charge in [0, 0.05) is 17.0 Å². The SMILES string of the molecule is Nc1cc2ccc3nncccc3c2n1. The third-order valence-corrected chi connectivity index (χ3v) is 2.35. The second-order valence-electron chi connectivity index (χ2n) is 3.34. The summed E-state index contributed by atoms with van der Waals surface area (Å²) in [6.07, 6.45) is 1.65. The molecule has 15 heavy (non-hydrogen) atoms. The molecule has 1 aromatic carbocycles. The van der Waals surface area contributed by atoms with Crippen molar-refractivity contribution in [3.8, 4) is 0 Å². The van der Waals surface area contributed by atoms with Crippen molar-refractivity contribution in [3.63, 3.8) is 0 Å². The van der Waals surface area contributed by atoms with Crippen LogP contribution >= 0.6 is 0 Å². The normalized spacial score (nSPS) is 10.9. The first-order chi connectivity index (χ1) is 7.34. The first kappa shape index (κ1) is 8.11. The van der Waals surface area contributed by atoms with Crippen LogP contribution in [-0.4, -0.2) is 15.2 Å². The summed E-state index contributed by atoms with van der Waals surface area (Å²) in [6.45, 7) is 0. The number of rotatable bonds is 0. The van der Waals surface area contributed by atoms with Gasteiger partial charge >= 0.3 is 0 Å². The topological polar surface area (TPSA) is 64.7 Å². The molecule has 0 aliphatic carbocycles. The van der Waals surface area contributed by atoms with E-state index in [1.165, 1.54) is 0 Å². The summed E-state index contributed by atoms with van der Waals surface area (Å²) in [5.41, 5.74) is 7.38. The van der Waals surface area contributed by atoms with Crippen molar-refractivity contribution in [2.24, 2.45) is 0 Å². The van der Waals surface area contributed by atoms with E-state index in [0.717, 1.165) is 21.8 Å². The Kier molecular flexibility index (Phi) is 1.56. The van der Waals surface area contributed by atoms with Crippen molar-refractivity contribution in [2.75, 3.05) is 5.73 Å². The van der Waals surface area contributed by atoms with Crippen LogP contribution in [0, 0.1) is 0 Å². The van der Waals surface area contributed by atoms with Crippen LogP contribution in [0.2, 0.25) is 0 Å². The Bertz CT molecular complexity index is 648. The summed E-state index contributed by atoms with van der Waals surface area (Å²) in [5.74, 6) is 0.539. The predicted molar refractivity (Wildman–Crippen MR) is 59.3 cm³/mol. The molecule has 0 unspecified atom stereocenters. The van der Waals surface area contributed by atoms with Crippen LogP contribution in [0.4, 0.5) is 5.82 Å². The van der Waals surface area contributed by atoms with Crippen LogP contribution in [0.15, 0.2) is 36.5 Å². The molecule has 0 aliphatic heterocycles. The highest BCUT2D eigenvalue weighted by atomic mass is 15.1. The number of aromatic nitrogens is 3. The van der Waals surface area contributed by atoms with E-state index >= 15 is 0 Å². The molecule has 3 aromatic rings. The molecule has 0 spiro atoms. The molecule has 0 fully saturated rings. The van der Waals surface area contributed by atoms with Crippen LogP contribution in [0.25, 0.3) is 21.8 Å². The number of nitrogens with two attached hydrogens (primary N) is 1. The lowest BCUT2D eigenvalue weighted by Gasteiger charge is -1.91. The van der Waals surface area contributed by atoms with E-state index in [1.807, 2.05) is 30.3 Å². The minimum Gasteiger partial charge on any atom is -0.384 e. The van der Waals surface area contributed by atoms with E-state index in [-0.39, 0.29) is 0 Å². The molecule has 72 valence electrons. The Hall–Kier alpha value is -2.23. The molecule has 0 saturated carbocycles. The van der Waals surface area contributed by atoms with Crippen LogP contribution in [0.3, 0.4) is 0 Å². The van der Waals surface area contributed by atoms with Crippen LogP contribution in [0.1, 0.15) is 0 Å². The molecule has 4 heteroatoms. The zero-order valence-electron chi connectivity index (χ0n) is 7.88. The second kappa shape index (κ2) is 2.88. The van der Waals surface area contributed by atoms with Gasteiger partial charge in [-0.25, -0.2) is 4.98 Å². The first-order valence-corrected chi connectivity index (χ1v) is 4.61. The lowest BCUT2D eigenvalue weighted by Crippen LogP contribution is -1.81. The molecule has 0 bridgehead atoms. The van der Waals surface area contributed by atoms with E-state index in [4.69, 9.17) is 5.73 Å². The highest BCUT2D eigenvalue weighted by Crippen LogP contribution is 2.24. The summed E-state index contributed by atoms with van der Waals surface area (Å²) >= 11 is 0. The molecule has 0 aliphatic rings. The molecule has 2 N–H and O–H groups in total. The van der Waals surface area contributed by atoms with E-state index in [9.17, 15) is 0 Å². The van der Waals surface area contributed by atoms with Crippen molar-refractivity contribution >= 4 is 27.6 Å². The van der Waals surface area contributed by atoms with Crippen molar-refractivity contribution in [3.05, 3.63) is 36.5 Å². The molecule has 2 heterocycles. The van der Waals surface area contributed by atoms with Gasteiger partial charge in [-0.1, -0.05) is 6.07 Å². The molecule has 0 radical (unpaired) electrons. The van der Waals surface area contributed by atoms with Gasteiger partial charge in [0.15, 0.2) is 0 Å². The third kappa shape index (κ3) is 1.19. The number of nitrogens with zero attached hydrogens (tertiary/aromatic N) is 3. The standard InChI is InChI=1S/C11H8N4/c12-10-6-7-3-4-9-8(11(7)14-10)2-1-5-13-15-9/h1-6H,(H2,12,14). The van der Waals surface area contributed by atoms with Gasteiger partial charge in [0.2, 0.25) is 0 Å². The van der Waals surface area contributed by atoms with Gasteiger partial charge in [0.25, 0.3) is 0 Å². The van der Waals surface area contributed by atoms with E-state index in [1.54, 1.807) is 6.20 Å². The number of nitrogen functional groups attached to an aromatic ring is 1. The summed E-state index contributed by atoms with van der Waals surface area (Å²) < 4.78 is 0. The average Bonchev–Trinajstić information content (AvgIpc) is 2.48. The quantitative estimate of drug-likeness (QED) is 0.595. The summed E-state index contributed by atoms with van der Waals surface area (Å²) in [5, 5.41) is 9.96. The highest BCUT2D eigenvalue weighted by molar-refractivity contribution is 6.04. The van der Waals surface area contributed by atoms with Gasteiger partial charge in [-0.15, -0.1) is 0 Å². The maximum Gasteiger partial charge on any atom is 0.124 e. The van der Waals surface area contributed by atoms with Gasteiger partial charge < -0.3 is 5.73 Å². The van der Waals surface area contributed by atoms with Crippen LogP contribution in [0.5, 0.6) is 0 Å². The molecule has 0 saturated heterocycles. The lowest BCUT2D eigenvalue weighted by molar-refractivity contribution is 1.09. The summed E-state index contributed by atoms with van der Waals surface area (Å²) in [4.78, 5) is 4.28. The fraction of sp³-hybridized carbons (Fsp3) is 0. The largest absolute Gasteiger partial charge is 0.384 e. The summed E-state index contributed by atoms with van der Waals surface area (Å²) in [7, 11) is 0. The number of fused-ring (bicyclic) bond motifs is 3. The molecular weight excluding hydrogens is 188 g/mol. The van der Waals surface area contributed by atoms with Gasteiger partial charge in [-0.2, -0.15) is 10.2 Å². The molecule has 0 amide bonds. The Labute approximate surface area is 85.8 Å². The van der Waals surface area contributed by atoms with Crippen molar-refractivity contribution < 1.29 is 0 Å². The van der Waals surface area contributed by atoms with Gasteiger partial charge in [-0.05, 0) is 24.3 Å². The van der Waals surface area contributed by atoms with Crippen LogP contribution < -0.4 is 5.73 Å². The smallest absolute Gasteiger partial charge is 0.124 e. The zero-order valence-corrected chi connectivity index (χ0v) is 7.88. The number of hydrogen-bond donors (Lipinski definition) is 1. The Balaban J connectivity index is 2.60. The maximum absolute atomic E-state index is 5.67. The van der Waals surface area contributed by atoms with Crippen molar-refractivity contribution in [2.45, 2.75) is 0 Å². The van der Waals surface area contributed by atoms with E-state index in [2.05, 4.69) is 15.2 Å². The Morgan fingerprint density at radius 3 is 3.00 bits per heavy atom. The molecule has 2 aromatic heterocycles. The third-order valence-electron chi connectivity index (χ3n) is 2.35. The monoisotopic (exact) mass is 196 g/mol. The zero-order chi connectivity index (χ0) is 10.3. The van der Waals surface area contributed by atoms with E-state index < -0.39 is 0 Å². The molecular formula is C11H8N4. The minimum atomic E-state index is 0.539.